The minimum atomic E-state index is -4.21. The molecule has 1 aromatic rings. The molecular weight excluding hydrogens is 278 g/mol. The van der Waals surface area contributed by atoms with Crippen LogP contribution in [-0.2, 0) is 6.54 Å². The summed E-state index contributed by atoms with van der Waals surface area (Å²) >= 11 is 5.58. The Morgan fingerprint density at radius 1 is 1.29 bits per heavy atom. The molecule has 0 atom stereocenters. The lowest BCUT2D eigenvalue weighted by atomic mass is 10.2. The van der Waals surface area contributed by atoms with Crippen LogP contribution in [0.2, 0.25) is 5.02 Å². The molecule has 17 heavy (non-hydrogen) atoms. The Hall–Kier alpha value is -0.460. The SMILES string of the molecule is Fc1cccc(CNCCSC(F)(F)F)c1Cl. The number of halogens is 5. The minimum absolute atomic E-state index is 0.00322. The second-order valence-corrected chi connectivity index (χ2v) is 4.72. The van der Waals surface area contributed by atoms with Gasteiger partial charge in [-0.3, -0.25) is 0 Å². The van der Waals surface area contributed by atoms with Gasteiger partial charge in [0, 0.05) is 18.8 Å². The molecule has 0 heterocycles. The minimum Gasteiger partial charge on any atom is -0.312 e. The van der Waals surface area contributed by atoms with E-state index in [1.807, 2.05) is 0 Å². The fourth-order valence-electron chi connectivity index (χ4n) is 1.15. The van der Waals surface area contributed by atoms with E-state index in [1.165, 1.54) is 12.1 Å². The third kappa shape index (κ3) is 5.61. The van der Waals surface area contributed by atoms with Crippen molar-refractivity contribution in [1.82, 2.24) is 5.32 Å². The van der Waals surface area contributed by atoms with Crippen LogP contribution in [-0.4, -0.2) is 17.8 Å². The average molecular weight is 288 g/mol. The maximum atomic E-state index is 13.0. The van der Waals surface area contributed by atoms with E-state index in [4.69, 9.17) is 11.6 Å². The van der Waals surface area contributed by atoms with Crippen molar-refractivity contribution >= 4 is 23.4 Å². The van der Waals surface area contributed by atoms with Gasteiger partial charge in [0.05, 0.1) is 5.02 Å². The molecule has 1 aromatic carbocycles. The summed E-state index contributed by atoms with van der Waals surface area (Å²) in [5.74, 6) is -0.619. The van der Waals surface area contributed by atoms with Crippen LogP contribution in [0.25, 0.3) is 0 Å². The molecule has 0 fully saturated rings. The van der Waals surface area contributed by atoms with Gasteiger partial charge in [0.25, 0.3) is 0 Å². The summed E-state index contributed by atoms with van der Waals surface area (Å²) in [5, 5.41) is 2.77. The number of alkyl halides is 3. The third-order valence-corrected chi connectivity index (χ3v) is 3.05. The molecule has 0 unspecified atom stereocenters. The number of thioether (sulfide) groups is 1. The highest BCUT2D eigenvalue weighted by Crippen LogP contribution is 2.29. The first-order valence-electron chi connectivity index (χ1n) is 4.74. The lowest BCUT2D eigenvalue weighted by molar-refractivity contribution is -0.0327. The van der Waals surface area contributed by atoms with Crippen LogP contribution in [0.5, 0.6) is 0 Å². The second kappa shape index (κ2) is 6.47. The van der Waals surface area contributed by atoms with Gasteiger partial charge in [0.1, 0.15) is 5.82 Å². The molecule has 1 N–H and O–H groups in total. The van der Waals surface area contributed by atoms with Crippen molar-refractivity contribution < 1.29 is 17.6 Å². The zero-order valence-corrected chi connectivity index (χ0v) is 10.2. The maximum Gasteiger partial charge on any atom is 0.441 e. The smallest absolute Gasteiger partial charge is 0.312 e. The van der Waals surface area contributed by atoms with Gasteiger partial charge < -0.3 is 5.32 Å². The predicted octanol–water partition coefficient (Wildman–Crippen LogP) is 3.82. The molecule has 0 aliphatic rings. The van der Waals surface area contributed by atoms with Crippen LogP contribution >= 0.6 is 23.4 Å². The highest BCUT2D eigenvalue weighted by molar-refractivity contribution is 8.00. The van der Waals surface area contributed by atoms with Crippen LogP contribution in [0.4, 0.5) is 17.6 Å². The van der Waals surface area contributed by atoms with E-state index in [0.29, 0.717) is 5.56 Å². The highest BCUT2D eigenvalue weighted by atomic mass is 35.5. The van der Waals surface area contributed by atoms with E-state index >= 15 is 0 Å². The largest absolute Gasteiger partial charge is 0.441 e. The van der Waals surface area contributed by atoms with Gasteiger partial charge in [-0.05, 0) is 23.4 Å². The molecule has 1 rings (SSSR count). The molecule has 7 heteroatoms. The van der Waals surface area contributed by atoms with Crippen molar-refractivity contribution in [2.24, 2.45) is 0 Å². The standard InChI is InChI=1S/C10H10ClF4NS/c11-9-7(2-1-3-8(9)12)6-16-4-5-17-10(13,14)15/h1-3,16H,4-6H2. The lowest BCUT2D eigenvalue weighted by Gasteiger charge is -2.08. The Morgan fingerprint density at radius 3 is 2.65 bits per heavy atom. The molecule has 0 saturated heterocycles. The molecule has 0 radical (unpaired) electrons. The first-order chi connectivity index (χ1) is 7.90. The van der Waals surface area contributed by atoms with Gasteiger partial charge in [-0.1, -0.05) is 23.7 Å². The second-order valence-electron chi connectivity index (χ2n) is 3.18. The van der Waals surface area contributed by atoms with Crippen molar-refractivity contribution in [3.8, 4) is 0 Å². The van der Waals surface area contributed by atoms with Gasteiger partial charge in [-0.2, -0.15) is 13.2 Å². The van der Waals surface area contributed by atoms with Crippen molar-refractivity contribution in [2.75, 3.05) is 12.3 Å². The Kier molecular flexibility index (Phi) is 5.55. The zero-order chi connectivity index (χ0) is 12.9. The molecule has 0 amide bonds. The molecule has 0 aromatic heterocycles. The number of nitrogens with one attached hydrogen (secondary N) is 1. The van der Waals surface area contributed by atoms with Gasteiger partial charge in [-0.15, -0.1) is 0 Å². The quantitative estimate of drug-likeness (QED) is 0.653. The molecule has 0 aliphatic heterocycles. The number of hydrogen-bond donors (Lipinski definition) is 1. The first-order valence-corrected chi connectivity index (χ1v) is 6.11. The maximum absolute atomic E-state index is 13.0. The highest BCUT2D eigenvalue weighted by Gasteiger charge is 2.27. The predicted molar refractivity (Wildman–Crippen MR) is 61.6 cm³/mol. The third-order valence-electron chi connectivity index (χ3n) is 1.89. The van der Waals surface area contributed by atoms with E-state index in [2.05, 4.69) is 5.32 Å². The summed E-state index contributed by atoms with van der Waals surface area (Å²) in [6.45, 7) is 0.423. The van der Waals surface area contributed by atoms with Gasteiger partial charge >= 0.3 is 5.51 Å². The van der Waals surface area contributed by atoms with E-state index < -0.39 is 11.3 Å². The summed E-state index contributed by atoms with van der Waals surface area (Å²) < 4.78 is 48.4. The fourth-order valence-corrected chi connectivity index (χ4v) is 1.82. The topological polar surface area (TPSA) is 12.0 Å². The van der Waals surface area contributed by atoms with Crippen LogP contribution in [0.15, 0.2) is 18.2 Å². The Bertz CT molecular complexity index is 370. The van der Waals surface area contributed by atoms with Gasteiger partial charge in [0.2, 0.25) is 0 Å². The molecule has 0 aliphatic carbocycles. The van der Waals surface area contributed by atoms with Crippen LogP contribution in [0.1, 0.15) is 5.56 Å². The van der Waals surface area contributed by atoms with Crippen molar-refractivity contribution in [1.29, 1.82) is 0 Å². The number of rotatable bonds is 5. The molecule has 0 bridgehead atoms. The van der Waals surface area contributed by atoms with E-state index in [1.54, 1.807) is 6.07 Å². The van der Waals surface area contributed by atoms with Gasteiger partial charge in [-0.25, -0.2) is 4.39 Å². The first kappa shape index (κ1) is 14.6. The van der Waals surface area contributed by atoms with E-state index in [-0.39, 0.29) is 35.6 Å². The summed E-state index contributed by atoms with van der Waals surface area (Å²) in [6.07, 6.45) is 0. The van der Waals surface area contributed by atoms with Crippen molar-refractivity contribution in [2.45, 2.75) is 12.1 Å². The van der Waals surface area contributed by atoms with Gasteiger partial charge in [0.15, 0.2) is 0 Å². The van der Waals surface area contributed by atoms with Crippen molar-refractivity contribution in [3.63, 3.8) is 0 Å². The van der Waals surface area contributed by atoms with Crippen LogP contribution in [0, 0.1) is 5.82 Å². The molecule has 0 spiro atoms. The van der Waals surface area contributed by atoms with Crippen molar-refractivity contribution in [3.05, 3.63) is 34.6 Å². The number of benzene rings is 1. The normalized spacial score (nSPS) is 11.8. The monoisotopic (exact) mass is 287 g/mol. The molecular formula is C10H10ClF4NS. The zero-order valence-electron chi connectivity index (χ0n) is 8.65. The van der Waals surface area contributed by atoms with E-state index in [0.717, 1.165) is 0 Å². The van der Waals surface area contributed by atoms with E-state index in [9.17, 15) is 17.6 Å². The summed E-state index contributed by atoms with van der Waals surface area (Å²) in [4.78, 5) is 0. The van der Waals surface area contributed by atoms with Crippen LogP contribution < -0.4 is 5.32 Å². The Morgan fingerprint density at radius 2 is 2.00 bits per heavy atom. The molecule has 0 saturated carbocycles. The molecule has 1 nitrogen and oxygen atoms in total. The molecule has 96 valence electrons. The Balaban J connectivity index is 2.29. The van der Waals surface area contributed by atoms with Crippen LogP contribution in [0.3, 0.4) is 0 Å². The summed E-state index contributed by atoms with van der Waals surface area (Å²) in [7, 11) is 0. The Labute approximate surface area is 106 Å². The summed E-state index contributed by atoms with van der Waals surface area (Å²) in [6, 6.07) is 4.35. The lowest BCUT2D eigenvalue weighted by Crippen LogP contribution is -2.18. The fraction of sp³-hybridized carbons (Fsp3) is 0.400. The summed E-state index contributed by atoms with van der Waals surface area (Å²) in [5.41, 5.74) is -3.68. The average Bonchev–Trinajstić information content (AvgIpc) is 2.22. The number of hydrogen-bond acceptors (Lipinski definition) is 2.